The Morgan fingerprint density at radius 1 is 1.00 bits per heavy atom. The molecule has 4 rings (SSSR count). The van der Waals surface area contributed by atoms with Crippen molar-refractivity contribution < 1.29 is 9.59 Å². The zero-order valence-electron chi connectivity index (χ0n) is 13.5. The van der Waals surface area contributed by atoms with E-state index in [9.17, 15) is 9.59 Å². The van der Waals surface area contributed by atoms with Crippen molar-refractivity contribution >= 4 is 11.6 Å². The predicted molar refractivity (Wildman–Crippen MR) is 81.7 cm³/mol. The van der Waals surface area contributed by atoms with Crippen LogP contribution in [0.1, 0.15) is 71.6 Å². The molecule has 0 bridgehead atoms. The van der Waals surface area contributed by atoms with Gasteiger partial charge in [-0.25, -0.2) is 0 Å². The first-order chi connectivity index (χ1) is 9.97. The number of carbonyl (C=O) groups excluding carboxylic acids is 2. The molecule has 0 saturated heterocycles. The van der Waals surface area contributed by atoms with Gasteiger partial charge in [0.1, 0.15) is 11.6 Å². The molecule has 6 atom stereocenters. The molecular formula is C19H28O2. The lowest BCUT2D eigenvalue weighted by Crippen LogP contribution is -2.56. The second-order valence-corrected chi connectivity index (χ2v) is 8.78. The molecule has 116 valence electrons. The van der Waals surface area contributed by atoms with Crippen molar-refractivity contribution in [2.75, 3.05) is 0 Å². The van der Waals surface area contributed by atoms with E-state index in [1.165, 1.54) is 38.5 Å². The minimum absolute atomic E-state index is 0.0588. The molecule has 0 N–H and O–H groups in total. The number of hydrogen-bond donors (Lipinski definition) is 0. The largest absolute Gasteiger partial charge is 0.299 e. The third-order valence-electron chi connectivity index (χ3n) is 8.06. The third-order valence-corrected chi connectivity index (χ3v) is 8.06. The van der Waals surface area contributed by atoms with E-state index in [4.69, 9.17) is 0 Å². The summed E-state index contributed by atoms with van der Waals surface area (Å²) >= 11 is 0. The number of ketones is 2. The second-order valence-electron chi connectivity index (χ2n) is 8.78. The molecule has 21 heavy (non-hydrogen) atoms. The SMILES string of the molecule is C[C@@]12CCCC[C@@H]1CC[C@H]1[C@H]3C(=O)CC[C@]3(C)C(=O)C[C@@H]12. The van der Waals surface area contributed by atoms with E-state index in [2.05, 4.69) is 13.8 Å². The Kier molecular flexibility index (Phi) is 2.94. The molecule has 0 aliphatic heterocycles. The third kappa shape index (κ3) is 1.71. The fourth-order valence-corrected chi connectivity index (χ4v) is 6.77. The summed E-state index contributed by atoms with van der Waals surface area (Å²) in [6.45, 7) is 4.54. The van der Waals surface area contributed by atoms with E-state index in [1.807, 2.05) is 0 Å². The molecule has 0 aromatic heterocycles. The highest BCUT2D eigenvalue weighted by molar-refractivity contribution is 5.97. The van der Waals surface area contributed by atoms with Crippen LogP contribution in [-0.4, -0.2) is 11.6 Å². The van der Waals surface area contributed by atoms with E-state index in [-0.39, 0.29) is 11.3 Å². The Hall–Kier alpha value is -0.660. The van der Waals surface area contributed by atoms with Crippen LogP contribution in [0.2, 0.25) is 0 Å². The van der Waals surface area contributed by atoms with Crippen LogP contribution < -0.4 is 0 Å². The molecule has 4 aliphatic carbocycles. The van der Waals surface area contributed by atoms with Crippen LogP contribution in [0.15, 0.2) is 0 Å². The Morgan fingerprint density at radius 3 is 2.62 bits per heavy atom. The van der Waals surface area contributed by atoms with Crippen molar-refractivity contribution in [2.45, 2.75) is 71.6 Å². The molecule has 0 amide bonds. The van der Waals surface area contributed by atoms with E-state index >= 15 is 0 Å². The molecule has 0 aromatic rings. The lowest BCUT2D eigenvalue weighted by atomic mass is 9.45. The van der Waals surface area contributed by atoms with Crippen LogP contribution in [0.25, 0.3) is 0 Å². The molecule has 0 radical (unpaired) electrons. The monoisotopic (exact) mass is 288 g/mol. The number of rotatable bonds is 0. The van der Waals surface area contributed by atoms with Crippen molar-refractivity contribution in [3.63, 3.8) is 0 Å². The number of fused-ring (bicyclic) bond motifs is 5. The molecule has 4 saturated carbocycles. The standard InChI is InChI=1S/C19H28O2/c1-18-9-4-3-5-12(18)6-7-13-14(18)11-16(21)19(2)10-8-15(20)17(13)19/h12-14,17H,3-11H2,1-2H3/t12-,13-,14+,17+,18-,19-/m1/s1. The van der Waals surface area contributed by atoms with Crippen LogP contribution in [0.3, 0.4) is 0 Å². The van der Waals surface area contributed by atoms with Gasteiger partial charge in [-0.3, -0.25) is 9.59 Å². The van der Waals surface area contributed by atoms with Gasteiger partial charge in [0, 0.05) is 24.2 Å². The van der Waals surface area contributed by atoms with Crippen LogP contribution in [0.5, 0.6) is 0 Å². The number of hydrogen-bond acceptors (Lipinski definition) is 2. The maximum Gasteiger partial charge on any atom is 0.139 e. The minimum atomic E-state index is -0.309. The van der Waals surface area contributed by atoms with Gasteiger partial charge in [0.2, 0.25) is 0 Å². The Labute approximate surface area is 128 Å². The highest BCUT2D eigenvalue weighted by Gasteiger charge is 2.62. The highest BCUT2D eigenvalue weighted by atomic mass is 16.1. The van der Waals surface area contributed by atoms with Gasteiger partial charge in [-0.15, -0.1) is 0 Å². The first-order valence-electron chi connectivity index (χ1n) is 9.03. The van der Waals surface area contributed by atoms with Crippen molar-refractivity contribution in [2.24, 2.45) is 34.5 Å². The summed E-state index contributed by atoms with van der Waals surface area (Å²) in [5.41, 5.74) is 0.0249. The van der Waals surface area contributed by atoms with E-state index in [0.717, 1.165) is 18.8 Å². The summed E-state index contributed by atoms with van der Waals surface area (Å²) in [6.07, 6.45) is 10.0. The minimum Gasteiger partial charge on any atom is -0.299 e. The van der Waals surface area contributed by atoms with Crippen molar-refractivity contribution in [3.05, 3.63) is 0 Å². The smallest absolute Gasteiger partial charge is 0.139 e. The van der Waals surface area contributed by atoms with Gasteiger partial charge in [0.15, 0.2) is 0 Å². The molecule has 4 fully saturated rings. The summed E-state index contributed by atoms with van der Waals surface area (Å²) < 4.78 is 0. The lowest BCUT2D eigenvalue weighted by Gasteiger charge is -2.58. The second kappa shape index (κ2) is 4.43. The topological polar surface area (TPSA) is 34.1 Å². The normalized spacial score (nSPS) is 53.0. The molecule has 2 heteroatoms. The first-order valence-corrected chi connectivity index (χ1v) is 9.03. The molecule has 4 aliphatic rings. The predicted octanol–water partition coefficient (Wildman–Crippen LogP) is 4.17. The van der Waals surface area contributed by atoms with Crippen molar-refractivity contribution in [1.82, 2.24) is 0 Å². The summed E-state index contributed by atoms with van der Waals surface area (Å²) in [5.74, 6) is 2.67. The van der Waals surface area contributed by atoms with E-state index in [0.29, 0.717) is 35.2 Å². The van der Waals surface area contributed by atoms with Crippen LogP contribution in [0.4, 0.5) is 0 Å². The summed E-state index contributed by atoms with van der Waals surface area (Å²) in [5, 5.41) is 0. The molecule has 0 aromatic carbocycles. The lowest BCUT2D eigenvalue weighted by molar-refractivity contribution is -0.157. The van der Waals surface area contributed by atoms with Crippen molar-refractivity contribution in [3.8, 4) is 0 Å². The quantitative estimate of drug-likeness (QED) is 0.670. The van der Waals surface area contributed by atoms with Gasteiger partial charge in [0.25, 0.3) is 0 Å². The molecular weight excluding hydrogens is 260 g/mol. The maximum atomic E-state index is 12.9. The fraction of sp³-hybridized carbons (Fsp3) is 0.895. The van der Waals surface area contributed by atoms with E-state index in [1.54, 1.807) is 0 Å². The van der Waals surface area contributed by atoms with Gasteiger partial charge >= 0.3 is 0 Å². The fourth-order valence-electron chi connectivity index (χ4n) is 6.77. The maximum absolute atomic E-state index is 12.9. The van der Waals surface area contributed by atoms with Gasteiger partial charge in [-0.2, -0.15) is 0 Å². The van der Waals surface area contributed by atoms with Gasteiger partial charge in [0.05, 0.1) is 0 Å². The number of carbonyl (C=O) groups is 2. The zero-order chi connectivity index (χ0) is 14.8. The summed E-state index contributed by atoms with van der Waals surface area (Å²) in [7, 11) is 0. The zero-order valence-corrected chi connectivity index (χ0v) is 13.5. The van der Waals surface area contributed by atoms with E-state index < -0.39 is 0 Å². The molecule has 0 spiro atoms. The molecule has 2 nitrogen and oxygen atoms in total. The van der Waals surface area contributed by atoms with Gasteiger partial charge < -0.3 is 0 Å². The summed E-state index contributed by atoms with van der Waals surface area (Å²) in [4.78, 5) is 25.4. The van der Waals surface area contributed by atoms with Crippen LogP contribution in [0, 0.1) is 34.5 Å². The Morgan fingerprint density at radius 2 is 1.81 bits per heavy atom. The average Bonchev–Trinajstić information content (AvgIpc) is 2.77. The van der Waals surface area contributed by atoms with Gasteiger partial charge in [-0.1, -0.05) is 26.7 Å². The summed E-state index contributed by atoms with van der Waals surface area (Å²) in [6, 6.07) is 0. The Bertz CT molecular complexity index is 496. The molecule has 0 unspecified atom stereocenters. The average molecular weight is 288 g/mol. The van der Waals surface area contributed by atoms with Gasteiger partial charge in [-0.05, 0) is 55.3 Å². The molecule has 0 heterocycles. The number of Topliss-reactive ketones (excluding diaryl/α,β-unsaturated/α-hetero) is 2. The highest BCUT2D eigenvalue weighted by Crippen LogP contribution is 2.64. The van der Waals surface area contributed by atoms with Crippen molar-refractivity contribution in [1.29, 1.82) is 0 Å². The first kappa shape index (κ1) is 14.0. The van der Waals surface area contributed by atoms with Crippen LogP contribution in [-0.2, 0) is 9.59 Å². The Balaban J connectivity index is 1.74. The van der Waals surface area contributed by atoms with Crippen LogP contribution >= 0.6 is 0 Å².